The number of nitriles is 1. The van der Waals surface area contributed by atoms with Crippen molar-refractivity contribution < 1.29 is 4.79 Å². The van der Waals surface area contributed by atoms with Crippen LogP contribution in [-0.2, 0) is 0 Å². The molecule has 1 saturated heterocycles. The van der Waals surface area contributed by atoms with Crippen molar-refractivity contribution in [2.75, 3.05) is 18.4 Å². The fraction of sp³-hybridized carbons (Fsp3) is 0.385. The summed E-state index contributed by atoms with van der Waals surface area (Å²) in [5, 5.41) is 12.2. The number of piperidine rings is 1. The maximum atomic E-state index is 12.0. The molecule has 18 heavy (non-hydrogen) atoms. The molecule has 0 aliphatic carbocycles. The number of benzene rings is 1. The molecule has 0 spiro atoms. The highest BCUT2D eigenvalue weighted by molar-refractivity contribution is 6.31. The Balaban J connectivity index is 2.11. The number of carbonyl (C=O) groups is 1. The first-order chi connectivity index (χ1) is 8.70. The minimum atomic E-state index is -0.159. The van der Waals surface area contributed by atoms with E-state index >= 15 is 0 Å². The van der Waals surface area contributed by atoms with Gasteiger partial charge in [0.15, 0.2) is 0 Å². The molecular formula is C13H14ClN3O. The van der Waals surface area contributed by atoms with Crippen LogP contribution in [0.15, 0.2) is 18.2 Å². The topological polar surface area (TPSA) is 56.1 Å². The number of carbonyl (C=O) groups excluding carboxylic acids is 1. The number of amides is 2. The summed E-state index contributed by atoms with van der Waals surface area (Å²) in [7, 11) is 0. The van der Waals surface area contributed by atoms with Crippen LogP contribution in [0.5, 0.6) is 0 Å². The van der Waals surface area contributed by atoms with Crippen molar-refractivity contribution in [3.63, 3.8) is 0 Å². The molecule has 1 heterocycles. The highest BCUT2D eigenvalue weighted by Crippen LogP contribution is 2.21. The molecule has 0 aromatic heterocycles. The van der Waals surface area contributed by atoms with Crippen LogP contribution in [0.1, 0.15) is 24.8 Å². The van der Waals surface area contributed by atoms with Crippen LogP contribution < -0.4 is 5.32 Å². The van der Waals surface area contributed by atoms with E-state index in [9.17, 15) is 4.79 Å². The number of likely N-dealkylation sites (tertiary alicyclic amines) is 1. The van der Waals surface area contributed by atoms with Gasteiger partial charge in [-0.15, -0.1) is 0 Å². The molecule has 1 aromatic carbocycles. The molecule has 2 amide bonds. The molecule has 0 unspecified atom stereocenters. The van der Waals surface area contributed by atoms with Crippen molar-refractivity contribution in [1.82, 2.24) is 4.90 Å². The summed E-state index contributed by atoms with van der Waals surface area (Å²) in [5.74, 6) is 0. The van der Waals surface area contributed by atoms with E-state index < -0.39 is 0 Å². The van der Waals surface area contributed by atoms with Crippen LogP contribution >= 0.6 is 11.6 Å². The van der Waals surface area contributed by atoms with Crippen LogP contribution in [0.2, 0.25) is 5.02 Å². The van der Waals surface area contributed by atoms with Crippen molar-refractivity contribution in [1.29, 1.82) is 5.26 Å². The molecule has 1 aromatic rings. The summed E-state index contributed by atoms with van der Waals surface area (Å²) in [4.78, 5) is 13.8. The molecule has 0 radical (unpaired) electrons. The maximum Gasteiger partial charge on any atom is 0.321 e. The highest BCUT2D eigenvalue weighted by Gasteiger charge is 2.17. The molecule has 4 nitrogen and oxygen atoms in total. The van der Waals surface area contributed by atoms with Crippen LogP contribution in [0.4, 0.5) is 10.5 Å². The summed E-state index contributed by atoms with van der Waals surface area (Å²) < 4.78 is 0. The van der Waals surface area contributed by atoms with Crippen LogP contribution in [0.3, 0.4) is 0 Å². The molecule has 1 fully saturated rings. The van der Waals surface area contributed by atoms with Gasteiger partial charge in [0.05, 0.1) is 11.3 Å². The van der Waals surface area contributed by atoms with E-state index in [0.717, 1.165) is 25.9 Å². The number of nitrogens with zero attached hydrogens (tertiary/aromatic N) is 2. The monoisotopic (exact) mass is 263 g/mol. The molecule has 2 rings (SSSR count). The van der Waals surface area contributed by atoms with Gasteiger partial charge in [0.1, 0.15) is 6.07 Å². The maximum absolute atomic E-state index is 12.0. The second-order valence-electron chi connectivity index (χ2n) is 4.28. The molecule has 0 bridgehead atoms. The Kier molecular flexibility index (Phi) is 4.06. The number of rotatable bonds is 1. The minimum absolute atomic E-state index is 0.159. The van der Waals surface area contributed by atoms with Gasteiger partial charge < -0.3 is 10.2 Å². The van der Waals surface area contributed by atoms with Gasteiger partial charge in [-0.25, -0.2) is 4.79 Å². The van der Waals surface area contributed by atoms with E-state index in [1.807, 2.05) is 6.07 Å². The molecule has 1 N–H and O–H groups in total. The lowest BCUT2D eigenvalue weighted by molar-refractivity contribution is 0.200. The smallest absolute Gasteiger partial charge is 0.321 e. The van der Waals surface area contributed by atoms with Crippen molar-refractivity contribution in [3.05, 3.63) is 28.8 Å². The average Bonchev–Trinajstić information content (AvgIpc) is 2.40. The highest BCUT2D eigenvalue weighted by atomic mass is 35.5. The molecule has 0 saturated carbocycles. The van der Waals surface area contributed by atoms with Crippen molar-refractivity contribution in [2.45, 2.75) is 19.3 Å². The zero-order valence-electron chi connectivity index (χ0n) is 9.95. The Morgan fingerprint density at radius 2 is 2.06 bits per heavy atom. The average molecular weight is 264 g/mol. The predicted octanol–water partition coefficient (Wildman–Crippen LogP) is 3.23. The van der Waals surface area contributed by atoms with Gasteiger partial charge in [-0.1, -0.05) is 11.6 Å². The third kappa shape index (κ3) is 2.93. The van der Waals surface area contributed by atoms with Crippen LogP contribution in [-0.4, -0.2) is 24.0 Å². The Bertz CT molecular complexity index is 489. The third-order valence-corrected chi connectivity index (χ3v) is 3.22. The van der Waals surface area contributed by atoms with Gasteiger partial charge >= 0.3 is 6.03 Å². The zero-order valence-corrected chi connectivity index (χ0v) is 10.7. The number of halogens is 1. The normalized spacial score (nSPS) is 15.0. The molecule has 0 atom stereocenters. The first-order valence-corrected chi connectivity index (χ1v) is 6.34. The standard InChI is InChI=1S/C13H14ClN3O/c14-11-5-4-10(9-15)12(8-11)16-13(18)17-6-2-1-3-7-17/h4-5,8H,1-3,6-7H2,(H,16,18). The van der Waals surface area contributed by atoms with E-state index in [1.54, 1.807) is 23.1 Å². The van der Waals surface area contributed by atoms with Gasteiger partial charge in [0.2, 0.25) is 0 Å². The SMILES string of the molecule is N#Cc1ccc(Cl)cc1NC(=O)N1CCCCC1. The van der Waals surface area contributed by atoms with Gasteiger partial charge in [-0.2, -0.15) is 5.26 Å². The third-order valence-electron chi connectivity index (χ3n) is 2.99. The second kappa shape index (κ2) is 5.74. The summed E-state index contributed by atoms with van der Waals surface area (Å²) in [5.41, 5.74) is 0.894. The van der Waals surface area contributed by atoms with Gasteiger partial charge in [-0.05, 0) is 37.5 Å². The zero-order chi connectivity index (χ0) is 13.0. The van der Waals surface area contributed by atoms with E-state index in [1.165, 1.54) is 6.42 Å². The largest absolute Gasteiger partial charge is 0.325 e. The predicted molar refractivity (Wildman–Crippen MR) is 70.6 cm³/mol. The summed E-state index contributed by atoms with van der Waals surface area (Å²) >= 11 is 5.87. The van der Waals surface area contributed by atoms with E-state index in [0.29, 0.717) is 16.3 Å². The Morgan fingerprint density at radius 1 is 1.33 bits per heavy atom. The van der Waals surface area contributed by atoms with Crippen LogP contribution in [0.25, 0.3) is 0 Å². The molecule has 1 aliphatic heterocycles. The fourth-order valence-electron chi connectivity index (χ4n) is 2.01. The fourth-order valence-corrected chi connectivity index (χ4v) is 2.18. The lowest BCUT2D eigenvalue weighted by Crippen LogP contribution is -2.38. The van der Waals surface area contributed by atoms with Gasteiger partial charge in [0.25, 0.3) is 0 Å². The van der Waals surface area contributed by atoms with Crippen molar-refractivity contribution >= 4 is 23.3 Å². The van der Waals surface area contributed by atoms with E-state index in [4.69, 9.17) is 16.9 Å². The lowest BCUT2D eigenvalue weighted by atomic mass is 10.1. The first-order valence-electron chi connectivity index (χ1n) is 5.96. The quantitative estimate of drug-likeness (QED) is 0.846. The molecular weight excluding hydrogens is 250 g/mol. The van der Waals surface area contributed by atoms with E-state index in [-0.39, 0.29) is 6.03 Å². The van der Waals surface area contributed by atoms with E-state index in [2.05, 4.69) is 5.32 Å². The summed E-state index contributed by atoms with van der Waals surface area (Å²) in [6, 6.07) is 6.72. The Labute approximate surface area is 111 Å². The second-order valence-corrected chi connectivity index (χ2v) is 4.72. The number of anilines is 1. The lowest BCUT2D eigenvalue weighted by Gasteiger charge is -2.27. The first kappa shape index (κ1) is 12.7. The van der Waals surface area contributed by atoms with Gasteiger partial charge in [0, 0.05) is 18.1 Å². The number of hydrogen-bond acceptors (Lipinski definition) is 2. The van der Waals surface area contributed by atoms with Crippen molar-refractivity contribution in [2.24, 2.45) is 0 Å². The Morgan fingerprint density at radius 3 is 2.72 bits per heavy atom. The molecule has 1 aliphatic rings. The summed E-state index contributed by atoms with van der Waals surface area (Å²) in [6.07, 6.45) is 3.24. The van der Waals surface area contributed by atoms with Crippen molar-refractivity contribution in [3.8, 4) is 6.07 Å². The Hall–Kier alpha value is -1.73. The molecule has 94 valence electrons. The van der Waals surface area contributed by atoms with Crippen LogP contribution in [0, 0.1) is 11.3 Å². The van der Waals surface area contributed by atoms with Gasteiger partial charge in [-0.3, -0.25) is 0 Å². The number of nitrogens with one attached hydrogen (secondary N) is 1. The minimum Gasteiger partial charge on any atom is -0.325 e. The number of hydrogen-bond donors (Lipinski definition) is 1. The summed E-state index contributed by atoms with van der Waals surface area (Å²) in [6.45, 7) is 1.54. The number of urea groups is 1. The molecule has 5 heteroatoms.